The summed E-state index contributed by atoms with van der Waals surface area (Å²) >= 11 is 0. The Morgan fingerprint density at radius 3 is 2.75 bits per heavy atom. The molecule has 2 N–H and O–H groups in total. The standard InChI is InChI=1S/C14H22N2/c1-12(15)14-9-5-6-10-16(14)11-13-7-3-2-4-8-13/h2-4,7-8,12,14H,5-6,9-11,15H2,1H3/t12-,14?/m1/s1. The Kier molecular flexibility index (Phi) is 3.97. The number of benzene rings is 1. The molecule has 2 heteroatoms. The molecule has 1 heterocycles. The van der Waals surface area contributed by atoms with Crippen LogP contribution in [-0.2, 0) is 6.54 Å². The lowest BCUT2D eigenvalue weighted by atomic mass is 9.96. The lowest BCUT2D eigenvalue weighted by molar-refractivity contribution is 0.123. The Balaban J connectivity index is 2.01. The molecule has 1 saturated heterocycles. The van der Waals surface area contributed by atoms with Gasteiger partial charge in [-0.3, -0.25) is 4.90 Å². The minimum Gasteiger partial charge on any atom is -0.327 e. The van der Waals surface area contributed by atoms with Crippen LogP contribution in [0.15, 0.2) is 30.3 Å². The van der Waals surface area contributed by atoms with Gasteiger partial charge in [0.15, 0.2) is 0 Å². The van der Waals surface area contributed by atoms with Crippen LogP contribution in [0.2, 0.25) is 0 Å². The van der Waals surface area contributed by atoms with E-state index in [1.54, 1.807) is 0 Å². The monoisotopic (exact) mass is 218 g/mol. The van der Waals surface area contributed by atoms with Gasteiger partial charge in [0.05, 0.1) is 0 Å². The van der Waals surface area contributed by atoms with Gasteiger partial charge in [0.2, 0.25) is 0 Å². The second-order valence-corrected chi connectivity index (χ2v) is 4.88. The molecule has 1 unspecified atom stereocenters. The minimum atomic E-state index is 0.281. The normalized spacial score (nSPS) is 24.2. The average Bonchev–Trinajstić information content (AvgIpc) is 2.31. The summed E-state index contributed by atoms with van der Waals surface area (Å²) in [5.74, 6) is 0. The van der Waals surface area contributed by atoms with E-state index in [1.807, 2.05) is 0 Å². The summed E-state index contributed by atoms with van der Waals surface area (Å²) < 4.78 is 0. The molecule has 0 amide bonds. The highest BCUT2D eigenvalue weighted by Crippen LogP contribution is 2.21. The molecule has 0 aliphatic carbocycles. The quantitative estimate of drug-likeness (QED) is 0.844. The van der Waals surface area contributed by atoms with Crippen molar-refractivity contribution < 1.29 is 0 Å². The number of rotatable bonds is 3. The fraction of sp³-hybridized carbons (Fsp3) is 0.571. The molecular formula is C14H22N2. The van der Waals surface area contributed by atoms with Gasteiger partial charge in [-0.2, -0.15) is 0 Å². The summed E-state index contributed by atoms with van der Waals surface area (Å²) in [7, 11) is 0. The SMILES string of the molecule is C[C@@H](N)C1CCCCN1Cc1ccccc1. The maximum atomic E-state index is 6.07. The topological polar surface area (TPSA) is 29.3 Å². The summed E-state index contributed by atoms with van der Waals surface area (Å²) in [5, 5.41) is 0. The van der Waals surface area contributed by atoms with E-state index < -0.39 is 0 Å². The minimum absolute atomic E-state index is 0.281. The van der Waals surface area contributed by atoms with Gasteiger partial charge in [0.1, 0.15) is 0 Å². The first-order valence-corrected chi connectivity index (χ1v) is 6.31. The third-order valence-corrected chi connectivity index (χ3v) is 3.50. The third kappa shape index (κ3) is 2.83. The van der Waals surface area contributed by atoms with Crippen molar-refractivity contribution >= 4 is 0 Å². The van der Waals surface area contributed by atoms with Crippen LogP contribution in [-0.4, -0.2) is 23.5 Å². The number of hydrogen-bond donors (Lipinski definition) is 1. The summed E-state index contributed by atoms with van der Waals surface area (Å²) in [4.78, 5) is 2.55. The van der Waals surface area contributed by atoms with Gasteiger partial charge >= 0.3 is 0 Å². The van der Waals surface area contributed by atoms with E-state index in [4.69, 9.17) is 5.73 Å². The van der Waals surface area contributed by atoms with Crippen molar-refractivity contribution in [3.05, 3.63) is 35.9 Å². The predicted molar refractivity (Wildman–Crippen MR) is 68.1 cm³/mol. The van der Waals surface area contributed by atoms with Crippen molar-refractivity contribution in [1.82, 2.24) is 4.90 Å². The van der Waals surface area contributed by atoms with Crippen LogP contribution in [0.3, 0.4) is 0 Å². The summed E-state index contributed by atoms with van der Waals surface area (Å²) in [6.07, 6.45) is 3.90. The second kappa shape index (κ2) is 5.46. The molecule has 1 fully saturated rings. The van der Waals surface area contributed by atoms with Gasteiger partial charge in [-0.05, 0) is 31.9 Å². The summed E-state index contributed by atoms with van der Waals surface area (Å²) in [6.45, 7) is 4.38. The lowest BCUT2D eigenvalue weighted by Crippen LogP contribution is -2.48. The molecule has 0 spiro atoms. The van der Waals surface area contributed by atoms with E-state index in [2.05, 4.69) is 42.2 Å². The molecule has 0 bridgehead atoms. The van der Waals surface area contributed by atoms with E-state index in [1.165, 1.54) is 31.4 Å². The molecule has 0 saturated carbocycles. The van der Waals surface area contributed by atoms with Gasteiger partial charge in [-0.25, -0.2) is 0 Å². The second-order valence-electron chi connectivity index (χ2n) is 4.88. The van der Waals surface area contributed by atoms with Gasteiger partial charge < -0.3 is 5.73 Å². The number of piperidine rings is 1. The molecule has 2 nitrogen and oxygen atoms in total. The molecular weight excluding hydrogens is 196 g/mol. The van der Waals surface area contributed by atoms with E-state index in [-0.39, 0.29) is 6.04 Å². The van der Waals surface area contributed by atoms with Crippen molar-refractivity contribution in [1.29, 1.82) is 0 Å². The Labute approximate surface area is 98.4 Å². The van der Waals surface area contributed by atoms with Gasteiger partial charge in [-0.15, -0.1) is 0 Å². The van der Waals surface area contributed by atoms with Crippen LogP contribution in [0.25, 0.3) is 0 Å². The fourth-order valence-corrected chi connectivity index (χ4v) is 2.63. The van der Waals surface area contributed by atoms with Crippen molar-refractivity contribution in [3.63, 3.8) is 0 Å². The molecule has 16 heavy (non-hydrogen) atoms. The zero-order valence-corrected chi connectivity index (χ0v) is 10.1. The number of hydrogen-bond acceptors (Lipinski definition) is 2. The first kappa shape index (κ1) is 11.6. The van der Waals surface area contributed by atoms with Crippen molar-refractivity contribution in [2.45, 2.75) is 44.8 Å². The molecule has 1 aromatic carbocycles. The highest BCUT2D eigenvalue weighted by molar-refractivity contribution is 5.14. The molecule has 2 rings (SSSR count). The number of nitrogens with two attached hydrogens (primary N) is 1. The van der Waals surface area contributed by atoms with Crippen molar-refractivity contribution in [2.75, 3.05) is 6.54 Å². The summed E-state index contributed by atoms with van der Waals surface area (Å²) in [5.41, 5.74) is 7.47. The maximum Gasteiger partial charge on any atom is 0.0248 e. The van der Waals surface area contributed by atoms with Gasteiger partial charge in [-0.1, -0.05) is 36.8 Å². The zero-order valence-electron chi connectivity index (χ0n) is 10.1. The van der Waals surface area contributed by atoms with Gasteiger partial charge in [0.25, 0.3) is 0 Å². The smallest absolute Gasteiger partial charge is 0.0248 e. The molecule has 1 aliphatic rings. The predicted octanol–water partition coefficient (Wildman–Crippen LogP) is 2.39. The first-order chi connectivity index (χ1) is 7.77. The Morgan fingerprint density at radius 1 is 1.31 bits per heavy atom. The van der Waals surface area contributed by atoms with Crippen LogP contribution in [0.1, 0.15) is 31.7 Å². The fourth-order valence-electron chi connectivity index (χ4n) is 2.63. The van der Waals surface area contributed by atoms with E-state index >= 15 is 0 Å². The maximum absolute atomic E-state index is 6.07. The van der Waals surface area contributed by atoms with Crippen molar-refractivity contribution in [3.8, 4) is 0 Å². The van der Waals surface area contributed by atoms with E-state index in [0.29, 0.717) is 6.04 Å². The molecule has 88 valence electrons. The average molecular weight is 218 g/mol. The Morgan fingerprint density at radius 2 is 2.06 bits per heavy atom. The molecule has 0 radical (unpaired) electrons. The first-order valence-electron chi connectivity index (χ1n) is 6.31. The molecule has 1 aromatic rings. The van der Waals surface area contributed by atoms with Crippen LogP contribution in [0, 0.1) is 0 Å². The van der Waals surface area contributed by atoms with E-state index in [0.717, 1.165) is 6.54 Å². The van der Waals surface area contributed by atoms with Crippen LogP contribution < -0.4 is 5.73 Å². The molecule has 0 aromatic heterocycles. The van der Waals surface area contributed by atoms with Crippen LogP contribution in [0.4, 0.5) is 0 Å². The Hall–Kier alpha value is -0.860. The summed E-state index contributed by atoms with van der Waals surface area (Å²) in [6, 6.07) is 11.5. The Bertz CT molecular complexity index is 308. The lowest BCUT2D eigenvalue weighted by Gasteiger charge is -2.38. The largest absolute Gasteiger partial charge is 0.327 e. The highest BCUT2D eigenvalue weighted by Gasteiger charge is 2.24. The highest BCUT2D eigenvalue weighted by atomic mass is 15.2. The third-order valence-electron chi connectivity index (χ3n) is 3.50. The zero-order chi connectivity index (χ0) is 11.4. The van der Waals surface area contributed by atoms with Crippen LogP contribution >= 0.6 is 0 Å². The van der Waals surface area contributed by atoms with Crippen molar-refractivity contribution in [2.24, 2.45) is 5.73 Å². The molecule has 2 atom stereocenters. The number of likely N-dealkylation sites (tertiary alicyclic amines) is 1. The number of nitrogens with zero attached hydrogens (tertiary/aromatic N) is 1. The van der Waals surface area contributed by atoms with Crippen LogP contribution in [0.5, 0.6) is 0 Å². The van der Waals surface area contributed by atoms with E-state index in [9.17, 15) is 0 Å². The molecule has 1 aliphatic heterocycles. The van der Waals surface area contributed by atoms with Gasteiger partial charge in [0, 0.05) is 18.6 Å².